The van der Waals surface area contributed by atoms with E-state index in [1.54, 1.807) is 24.1 Å². The number of aliphatic imine (C=N–C) groups is 1. The SMILES string of the molecule is CCOC(CCNC(=NC)NCc1ccc(C(=O)N2CCNC(=O)C2)cc1)C(C)C.I. The largest absolute Gasteiger partial charge is 0.378 e. The summed E-state index contributed by atoms with van der Waals surface area (Å²) in [4.78, 5) is 29.8. The average Bonchev–Trinajstić information content (AvgIpc) is 2.75. The Bertz CT molecular complexity index is 724. The van der Waals surface area contributed by atoms with Crippen LogP contribution >= 0.6 is 24.0 Å². The second-order valence-electron chi connectivity index (χ2n) is 7.65. The summed E-state index contributed by atoms with van der Waals surface area (Å²) in [6.45, 7) is 9.61. The molecule has 3 N–H and O–H groups in total. The Morgan fingerprint density at radius 2 is 1.97 bits per heavy atom. The third-order valence-electron chi connectivity index (χ3n) is 5.06. The van der Waals surface area contributed by atoms with Gasteiger partial charge in [0.25, 0.3) is 5.91 Å². The summed E-state index contributed by atoms with van der Waals surface area (Å²) in [5.41, 5.74) is 1.63. The second kappa shape index (κ2) is 14.2. The minimum Gasteiger partial charge on any atom is -0.378 e. The molecule has 8 nitrogen and oxygen atoms in total. The third kappa shape index (κ3) is 9.02. The first-order valence-electron chi connectivity index (χ1n) is 10.7. The molecule has 1 aliphatic heterocycles. The number of carbonyl (C=O) groups is 2. The lowest BCUT2D eigenvalue weighted by Crippen LogP contribution is -2.49. The number of ether oxygens (including phenoxy) is 1. The normalized spacial score (nSPS) is 15.2. The van der Waals surface area contributed by atoms with Gasteiger partial charge in [0, 0.05) is 45.4 Å². The van der Waals surface area contributed by atoms with E-state index in [-0.39, 0.29) is 48.4 Å². The van der Waals surface area contributed by atoms with Crippen molar-refractivity contribution in [3.8, 4) is 0 Å². The monoisotopic (exact) mass is 545 g/mol. The molecule has 1 atom stereocenters. The average molecular weight is 545 g/mol. The Balaban J connectivity index is 0.00000480. The van der Waals surface area contributed by atoms with E-state index in [2.05, 4.69) is 34.8 Å². The maximum atomic E-state index is 12.5. The predicted octanol–water partition coefficient (Wildman–Crippen LogP) is 1.99. The molecule has 0 radical (unpaired) electrons. The number of amides is 2. The molecule has 1 aromatic carbocycles. The van der Waals surface area contributed by atoms with Crippen LogP contribution in [0.3, 0.4) is 0 Å². The minimum absolute atomic E-state index is 0. The van der Waals surface area contributed by atoms with Gasteiger partial charge in [-0.05, 0) is 37.0 Å². The van der Waals surface area contributed by atoms with Crippen LogP contribution in [-0.2, 0) is 16.1 Å². The fraction of sp³-hybridized carbons (Fsp3) is 0.591. The van der Waals surface area contributed by atoms with Crippen LogP contribution in [0.1, 0.15) is 43.1 Å². The molecule has 174 valence electrons. The lowest BCUT2D eigenvalue weighted by atomic mass is 10.0. The molecule has 1 saturated heterocycles. The number of hydrogen-bond acceptors (Lipinski definition) is 4. The van der Waals surface area contributed by atoms with E-state index in [0.717, 1.165) is 31.1 Å². The molecule has 1 fully saturated rings. The van der Waals surface area contributed by atoms with Crippen LogP contribution in [0.25, 0.3) is 0 Å². The van der Waals surface area contributed by atoms with Gasteiger partial charge in [-0.25, -0.2) is 0 Å². The maximum absolute atomic E-state index is 12.5. The van der Waals surface area contributed by atoms with Crippen molar-refractivity contribution in [2.75, 3.05) is 39.8 Å². The highest BCUT2D eigenvalue weighted by Crippen LogP contribution is 2.10. The van der Waals surface area contributed by atoms with Crippen LogP contribution in [0.15, 0.2) is 29.3 Å². The summed E-state index contributed by atoms with van der Waals surface area (Å²) in [5.74, 6) is 0.974. The molecule has 1 heterocycles. The van der Waals surface area contributed by atoms with Crippen LogP contribution in [0.4, 0.5) is 0 Å². The van der Waals surface area contributed by atoms with E-state index in [1.807, 2.05) is 19.1 Å². The van der Waals surface area contributed by atoms with Gasteiger partial charge in [-0.3, -0.25) is 14.6 Å². The van der Waals surface area contributed by atoms with Gasteiger partial charge in [0.1, 0.15) is 0 Å². The van der Waals surface area contributed by atoms with Crippen molar-refractivity contribution in [3.63, 3.8) is 0 Å². The first-order chi connectivity index (χ1) is 14.4. The predicted molar refractivity (Wildman–Crippen MR) is 134 cm³/mol. The first-order valence-corrected chi connectivity index (χ1v) is 10.7. The van der Waals surface area contributed by atoms with E-state index < -0.39 is 0 Å². The number of nitrogens with one attached hydrogen (secondary N) is 3. The third-order valence-corrected chi connectivity index (χ3v) is 5.06. The van der Waals surface area contributed by atoms with Crippen molar-refractivity contribution in [3.05, 3.63) is 35.4 Å². The number of carbonyl (C=O) groups excluding carboxylic acids is 2. The Hall–Kier alpha value is -1.88. The van der Waals surface area contributed by atoms with Gasteiger partial charge in [-0.15, -0.1) is 24.0 Å². The zero-order valence-corrected chi connectivity index (χ0v) is 21.3. The van der Waals surface area contributed by atoms with Gasteiger partial charge in [0.15, 0.2) is 5.96 Å². The highest BCUT2D eigenvalue weighted by molar-refractivity contribution is 14.0. The van der Waals surface area contributed by atoms with Gasteiger partial charge in [-0.1, -0.05) is 26.0 Å². The summed E-state index contributed by atoms with van der Waals surface area (Å²) < 4.78 is 5.77. The molecular formula is C22H36IN5O3. The fourth-order valence-electron chi connectivity index (χ4n) is 3.32. The molecule has 1 aliphatic rings. The molecule has 0 aliphatic carbocycles. The van der Waals surface area contributed by atoms with Gasteiger partial charge < -0.3 is 25.6 Å². The summed E-state index contributed by atoms with van der Waals surface area (Å²) in [7, 11) is 1.74. The number of nitrogens with zero attached hydrogens (tertiary/aromatic N) is 2. The maximum Gasteiger partial charge on any atom is 0.254 e. The van der Waals surface area contributed by atoms with Gasteiger partial charge in [-0.2, -0.15) is 0 Å². The topological polar surface area (TPSA) is 95.1 Å². The van der Waals surface area contributed by atoms with Crippen LogP contribution in [0.2, 0.25) is 0 Å². The van der Waals surface area contributed by atoms with Gasteiger partial charge >= 0.3 is 0 Å². The Labute approximate surface area is 202 Å². The molecule has 9 heteroatoms. The zero-order valence-electron chi connectivity index (χ0n) is 18.9. The molecule has 0 spiro atoms. The quantitative estimate of drug-likeness (QED) is 0.251. The van der Waals surface area contributed by atoms with Crippen molar-refractivity contribution in [2.45, 2.75) is 39.8 Å². The van der Waals surface area contributed by atoms with Gasteiger partial charge in [0.2, 0.25) is 5.91 Å². The lowest BCUT2D eigenvalue weighted by Gasteiger charge is -2.26. The number of rotatable bonds is 9. The molecule has 2 rings (SSSR count). The molecule has 1 unspecified atom stereocenters. The molecule has 2 amide bonds. The van der Waals surface area contributed by atoms with E-state index >= 15 is 0 Å². The van der Waals surface area contributed by atoms with Crippen molar-refractivity contribution in [1.82, 2.24) is 20.9 Å². The molecule has 0 saturated carbocycles. The molecular weight excluding hydrogens is 509 g/mol. The minimum atomic E-state index is -0.115. The number of hydrogen-bond donors (Lipinski definition) is 3. The summed E-state index contributed by atoms with van der Waals surface area (Å²) >= 11 is 0. The highest BCUT2D eigenvalue weighted by Gasteiger charge is 2.22. The second-order valence-corrected chi connectivity index (χ2v) is 7.65. The van der Waals surface area contributed by atoms with Crippen molar-refractivity contribution >= 4 is 41.8 Å². The van der Waals surface area contributed by atoms with E-state index in [4.69, 9.17) is 4.74 Å². The van der Waals surface area contributed by atoms with Crippen LogP contribution < -0.4 is 16.0 Å². The standard InChI is InChI=1S/C22H35N5O3.HI/c1-5-30-19(16(2)3)10-11-25-22(23-4)26-14-17-6-8-18(9-7-17)21(29)27-13-12-24-20(28)15-27;/h6-9,16,19H,5,10-15H2,1-4H3,(H,24,28)(H2,23,25,26);1H. The van der Waals surface area contributed by atoms with E-state index in [9.17, 15) is 9.59 Å². The van der Waals surface area contributed by atoms with Gasteiger partial charge in [0.05, 0.1) is 12.6 Å². The molecule has 0 bridgehead atoms. The first kappa shape index (κ1) is 27.2. The van der Waals surface area contributed by atoms with Crippen LogP contribution in [-0.4, -0.2) is 68.6 Å². The van der Waals surface area contributed by atoms with Crippen molar-refractivity contribution in [2.24, 2.45) is 10.9 Å². The summed E-state index contributed by atoms with van der Waals surface area (Å²) in [6, 6.07) is 7.44. The lowest BCUT2D eigenvalue weighted by molar-refractivity contribution is -0.123. The number of piperazine rings is 1. The van der Waals surface area contributed by atoms with Crippen LogP contribution in [0.5, 0.6) is 0 Å². The van der Waals surface area contributed by atoms with Crippen molar-refractivity contribution < 1.29 is 14.3 Å². The molecule has 31 heavy (non-hydrogen) atoms. The number of halogens is 1. The summed E-state index contributed by atoms with van der Waals surface area (Å²) in [6.07, 6.45) is 1.15. The summed E-state index contributed by atoms with van der Waals surface area (Å²) in [5, 5.41) is 9.34. The number of guanidine groups is 1. The van der Waals surface area contributed by atoms with Crippen LogP contribution in [0, 0.1) is 5.92 Å². The Morgan fingerprint density at radius 1 is 1.26 bits per heavy atom. The Morgan fingerprint density at radius 3 is 2.55 bits per heavy atom. The van der Waals surface area contributed by atoms with E-state index in [0.29, 0.717) is 31.1 Å². The highest BCUT2D eigenvalue weighted by atomic mass is 127. The van der Waals surface area contributed by atoms with Crippen molar-refractivity contribution in [1.29, 1.82) is 0 Å². The smallest absolute Gasteiger partial charge is 0.254 e. The molecule has 1 aromatic rings. The Kier molecular flexibility index (Phi) is 12.5. The van der Waals surface area contributed by atoms with E-state index in [1.165, 1.54) is 0 Å². The number of benzene rings is 1. The zero-order chi connectivity index (χ0) is 21.9. The fourth-order valence-corrected chi connectivity index (χ4v) is 3.32. The molecule has 0 aromatic heterocycles.